The molecule has 0 saturated carbocycles. The molecule has 0 aromatic carbocycles. The van der Waals surface area contributed by atoms with E-state index in [9.17, 15) is 9.59 Å². The lowest BCUT2D eigenvalue weighted by Gasteiger charge is -1.78. The standard InChI is InChI=1S/C9H10O2/c1-9(8-11)6-4-2-3-5-7-10/h2-8H,1H3. The Labute approximate surface area is 65.9 Å². The molecule has 0 fully saturated rings. The van der Waals surface area contributed by atoms with Gasteiger partial charge in [-0.1, -0.05) is 24.3 Å². The normalized spacial score (nSPS) is 12.6. The summed E-state index contributed by atoms with van der Waals surface area (Å²) in [6.07, 6.45) is 9.49. The highest BCUT2D eigenvalue weighted by Crippen LogP contribution is 1.86. The van der Waals surface area contributed by atoms with E-state index in [1.165, 1.54) is 6.08 Å². The van der Waals surface area contributed by atoms with Crippen LogP contribution in [0.4, 0.5) is 0 Å². The van der Waals surface area contributed by atoms with Crippen LogP contribution in [-0.2, 0) is 9.59 Å². The maximum atomic E-state index is 10.0. The third kappa shape index (κ3) is 6.45. The van der Waals surface area contributed by atoms with Gasteiger partial charge in [0.25, 0.3) is 0 Å². The quantitative estimate of drug-likeness (QED) is 0.345. The van der Waals surface area contributed by atoms with Crippen LogP contribution < -0.4 is 0 Å². The maximum Gasteiger partial charge on any atom is 0.145 e. The molecular formula is C9H10O2. The Hall–Kier alpha value is -1.44. The van der Waals surface area contributed by atoms with Crippen molar-refractivity contribution < 1.29 is 9.59 Å². The summed E-state index contributed by atoms with van der Waals surface area (Å²) in [7, 11) is 0. The lowest BCUT2D eigenvalue weighted by Crippen LogP contribution is -1.71. The molecular weight excluding hydrogens is 140 g/mol. The zero-order valence-corrected chi connectivity index (χ0v) is 6.36. The molecule has 0 radical (unpaired) electrons. The zero-order chi connectivity index (χ0) is 8.53. The Morgan fingerprint density at radius 1 is 1.00 bits per heavy atom. The van der Waals surface area contributed by atoms with Crippen molar-refractivity contribution in [2.24, 2.45) is 0 Å². The molecule has 0 spiro atoms. The van der Waals surface area contributed by atoms with Gasteiger partial charge in [-0.25, -0.2) is 0 Å². The number of carbonyl (C=O) groups is 2. The highest BCUT2D eigenvalue weighted by molar-refractivity contribution is 5.72. The fourth-order valence-electron chi connectivity index (χ4n) is 0.420. The van der Waals surface area contributed by atoms with Crippen molar-refractivity contribution in [2.75, 3.05) is 0 Å². The van der Waals surface area contributed by atoms with Crippen molar-refractivity contribution in [3.63, 3.8) is 0 Å². The number of aldehydes is 2. The Bertz CT molecular complexity index is 210. The first-order valence-electron chi connectivity index (χ1n) is 3.22. The van der Waals surface area contributed by atoms with Crippen LogP contribution in [0.1, 0.15) is 6.92 Å². The van der Waals surface area contributed by atoms with Crippen molar-refractivity contribution in [3.8, 4) is 0 Å². The molecule has 0 aliphatic rings. The molecule has 2 heteroatoms. The van der Waals surface area contributed by atoms with Gasteiger partial charge in [0.1, 0.15) is 12.6 Å². The highest BCUT2D eigenvalue weighted by Gasteiger charge is 1.76. The molecule has 0 bridgehead atoms. The number of hydrogen-bond donors (Lipinski definition) is 0. The first-order chi connectivity index (χ1) is 5.31. The molecule has 0 aliphatic heterocycles. The second kappa shape index (κ2) is 6.68. The Morgan fingerprint density at radius 2 is 1.64 bits per heavy atom. The molecule has 11 heavy (non-hydrogen) atoms. The molecule has 2 nitrogen and oxygen atoms in total. The second-order valence-corrected chi connectivity index (χ2v) is 1.93. The van der Waals surface area contributed by atoms with Gasteiger partial charge in [-0.3, -0.25) is 9.59 Å². The van der Waals surface area contributed by atoms with Gasteiger partial charge in [0.2, 0.25) is 0 Å². The van der Waals surface area contributed by atoms with Crippen LogP contribution in [0.3, 0.4) is 0 Å². The van der Waals surface area contributed by atoms with E-state index in [1.54, 1.807) is 31.2 Å². The van der Waals surface area contributed by atoms with Crippen LogP contribution in [0.25, 0.3) is 0 Å². The minimum Gasteiger partial charge on any atom is -0.299 e. The van der Waals surface area contributed by atoms with Crippen LogP contribution in [0.5, 0.6) is 0 Å². The molecule has 58 valence electrons. The molecule has 0 heterocycles. The summed E-state index contributed by atoms with van der Waals surface area (Å²) in [4.78, 5) is 19.8. The predicted octanol–water partition coefficient (Wildman–Crippen LogP) is 1.44. The summed E-state index contributed by atoms with van der Waals surface area (Å²) >= 11 is 0. The second-order valence-electron chi connectivity index (χ2n) is 1.93. The van der Waals surface area contributed by atoms with Gasteiger partial charge in [-0.05, 0) is 18.6 Å². The highest BCUT2D eigenvalue weighted by atomic mass is 16.1. The maximum absolute atomic E-state index is 10.0. The van der Waals surface area contributed by atoms with Crippen LogP contribution in [0.15, 0.2) is 36.0 Å². The van der Waals surface area contributed by atoms with Crippen LogP contribution >= 0.6 is 0 Å². The number of hydrogen-bond acceptors (Lipinski definition) is 2. The molecule has 0 aromatic rings. The molecule has 0 unspecified atom stereocenters. The van der Waals surface area contributed by atoms with Gasteiger partial charge in [-0.15, -0.1) is 0 Å². The van der Waals surface area contributed by atoms with Gasteiger partial charge in [0.05, 0.1) is 0 Å². The van der Waals surface area contributed by atoms with Gasteiger partial charge < -0.3 is 0 Å². The van der Waals surface area contributed by atoms with Crippen molar-refractivity contribution in [1.82, 2.24) is 0 Å². The topological polar surface area (TPSA) is 34.1 Å². The summed E-state index contributed by atoms with van der Waals surface area (Å²) in [5.41, 5.74) is 0.653. The third-order valence-electron chi connectivity index (χ3n) is 0.957. The first kappa shape index (κ1) is 9.56. The summed E-state index contributed by atoms with van der Waals surface area (Å²) in [5, 5.41) is 0. The van der Waals surface area contributed by atoms with E-state index >= 15 is 0 Å². The number of carbonyl (C=O) groups excluding carboxylic acids is 2. The van der Waals surface area contributed by atoms with E-state index in [4.69, 9.17) is 0 Å². The van der Waals surface area contributed by atoms with Gasteiger partial charge >= 0.3 is 0 Å². The van der Waals surface area contributed by atoms with Crippen LogP contribution in [-0.4, -0.2) is 12.6 Å². The van der Waals surface area contributed by atoms with E-state index in [1.807, 2.05) is 0 Å². The summed E-state index contributed by atoms with van der Waals surface area (Å²) in [5.74, 6) is 0. The van der Waals surface area contributed by atoms with E-state index in [0.717, 1.165) is 6.29 Å². The van der Waals surface area contributed by atoms with Gasteiger partial charge in [-0.2, -0.15) is 0 Å². The molecule has 0 atom stereocenters. The summed E-state index contributed by atoms with van der Waals surface area (Å²) < 4.78 is 0. The van der Waals surface area contributed by atoms with E-state index < -0.39 is 0 Å². The lowest BCUT2D eigenvalue weighted by molar-refractivity contribution is -0.105. The van der Waals surface area contributed by atoms with E-state index in [-0.39, 0.29) is 0 Å². The van der Waals surface area contributed by atoms with Gasteiger partial charge in [0.15, 0.2) is 0 Å². The van der Waals surface area contributed by atoms with Gasteiger partial charge in [0, 0.05) is 0 Å². The molecule has 0 amide bonds. The van der Waals surface area contributed by atoms with Crippen molar-refractivity contribution >= 4 is 12.6 Å². The SMILES string of the molecule is CC(C=O)=CC=CC=CC=O. The molecule has 0 aromatic heterocycles. The third-order valence-corrected chi connectivity index (χ3v) is 0.957. The Kier molecular flexibility index (Phi) is 5.80. The average Bonchev–Trinajstić information content (AvgIpc) is 2.04. The summed E-state index contributed by atoms with van der Waals surface area (Å²) in [6.45, 7) is 1.71. The fraction of sp³-hybridized carbons (Fsp3) is 0.111. The molecule has 0 saturated heterocycles. The lowest BCUT2D eigenvalue weighted by atomic mass is 10.3. The van der Waals surface area contributed by atoms with E-state index in [0.29, 0.717) is 11.9 Å². The Morgan fingerprint density at radius 3 is 2.18 bits per heavy atom. The average molecular weight is 150 g/mol. The predicted molar refractivity (Wildman–Crippen MR) is 44.2 cm³/mol. The smallest absolute Gasteiger partial charge is 0.145 e. The molecule has 0 rings (SSSR count). The monoisotopic (exact) mass is 150 g/mol. The molecule has 0 aliphatic carbocycles. The largest absolute Gasteiger partial charge is 0.299 e. The first-order valence-corrected chi connectivity index (χ1v) is 3.22. The minimum atomic E-state index is 0.653. The Balaban J connectivity index is 3.85. The van der Waals surface area contributed by atoms with Crippen molar-refractivity contribution in [3.05, 3.63) is 36.0 Å². The number of allylic oxidation sites excluding steroid dienone is 6. The van der Waals surface area contributed by atoms with Crippen LogP contribution in [0.2, 0.25) is 0 Å². The van der Waals surface area contributed by atoms with Crippen LogP contribution in [0, 0.1) is 0 Å². The van der Waals surface area contributed by atoms with Crippen molar-refractivity contribution in [2.45, 2.75) is 6.92 Å². The minimum absolute atomic E-state index is 0.653. The molecule has 0 N–H and O–H groups in total. The zero-order valence-electron chi connectivity index (χ0n) is 6.36. The number of rotatable bonds is 4. The summed E-state index contributed by atoms with van der Waals surface area (Å²) in [6, 6.07) is 0. The fourth-order valence-corrected chi connectivity index (χ4v) is 0.420. The van der Waals surface area contributed by atoms with Crippen molar-refractivity contribution in [1.29, 1.82) is 0 Å². The van der Waals surface area contributed by atoms with E-state index in [2.05, 4.69) is 0 Å².